The number of hydrogen-bond acceptors (Lipinski definition) is 3. The lowest BCUT2D eigenvalue weighted by Crippen LogP contribution is -1.73. The number of rotatable bonds is 1. The topological polar surface area (TPSA) is 40.5 Å². The van der Waals surface area contributed by atoms with E-state index in [0.29, 0.717) is 9.90 Å². The van der Waals surface area contributed by atoms with E-state index < -0.39 is 0 Å². The average Bonchev–Trinajstić information content (AvgIpc) is 2.42. The highest BCUT2D eigenvalue weighted by Gasteiger charge is 2.09. The minimum atomic E-state index is -0.136. The molecule has 2 aromatic rings. The van der Waals surface area contributed by atoms with Gasteiger partial charge in [-0.3, -0.25) is 0 Å². The van der Waals surface area contributed by atoms with Gasteiger partial charge in [0.05, 0.1) is 11.5 Å². The molecule has 0 bridgehead atoms. The summed E-state index contributed by atoms with van der Waals surface area (Å²) in [4.78, 5) is 0.581. The Balaban J connectivity index is 2.76. The Bertz CT molecular complexity index is 450. The first kappa shape index (κ1) is 8.81. The number of aliphatic hydroxyl groups is 1. The summed E-state index contributed by atoms with van der Waals surface area (Å²) in [7, 11) is 0. The van der Waals surface area contributed by atoms with Crippen LogP contribution in [0.1, 0.15) is 4.88 Å². The predicted molar refractivity (Wildman–Crippen MR) is 54.4 cm³/mol. The van der Waals surface area contributed by atoms with Crippen molar-refractivity contribution in [2.24, 2.45) is 0 Å². The molecule has 0 fully saturated rings. The number of thiophene rings is 1. The molecule has 0 aliphatic carbocycles. The zero-order valence-corrected chi connectivity index (χ0v) is 8.19. The van der Waals surface area contributed by atoms with Gasteiger partial charge in [-0.15, -0.1) is 11.3 Å². The summed E-state index contributed by atoms with van der Waals surface area (Å²) in [6, 6.07) is 5.25. The van der Waals surface area contributed by atoms with Crippen LogP contribution >= 0.6 is 22.9 Å². The fraction of sp³-hybridized carbons (Fsp3) is 0.111. The Hall–Kier alpha value is -0.770. The summed E-state index contributed by atoms with van der Waals surface area (Å²) < 4.78 is 0.897. The monoisotopic (exact) mass is 214 g/mol. The lowest BCUT2D eigenvalue weighted by Gasteiger charge is -1.91. The molecule has 1 aromatic heterocycles. The van der Waals surface area contributed by atoms with Gasteiger partial charge >= 0.3 is 0 Å². The Morgan fingerprint density at radius 3 is 2.85 bits per heavy atom. The molecule has 4 heteroatoms. The van der Waals surface area contributed by atoms with E-state index in [1.165, 1.54) is 11.3 Å². The third kappa shape index (κ3) is 1.39. The Morgan fingerprint density at radius 2 is 2.15 bits per heavy atom. The highest BCUT2D eigenvalue weighted by atomic mass is 35.5. The molecule has 2 N–H and O–H groups in total. The van der Waals surface area contributed by atoms with E-state index in [-0.39, 0.29) is 12.4 Å². The predicted octanol–water partition coefficient (Wildman–Crippen LogP) is 2.75. The lowest BCUT2D eigenvalue weighted by molar-refractivity contribution is 0.280. The van der Waals surface area contributed by atoms with Crippen molar-refractivity contribution in [2.45, 2.75) is 6.61 Å². The number of aliphatic hydroxyl groups excluding tert-OH is 1. The maximum atomic E-state index is 9.59. The molecular formula is C9H7ClO2S. The van der Waals surface area contributed by atoms with Gasteiger partial charge in [0.1, 0.15) is 5.75 Å². The van der Waals surface area contributed by atoms with Crippen molar-refractivity contribution in [3.05, 3.63) is 28.1 Å². The van der Waals surface area contributed by atoms with Gasteiger partial charge in [0.2, 0.25) is 0 Å². The molecule has 13 heavy (non-hydrogen) atoms. The number of hydrogen-bond donors (Lipinski definition) is 2. The van der Waals surface area contributed by atoms with E-state index in [9.17, 15) is 5.11 Å². The van der Waals surface area contributed by atoms with E-state index >= 15 is 0 Å². The average molecular weight is 215 g/mol. The molecule has 0 spiro atoms. The summed E-state index contributed by atoms with van der Waals surface area (Å²) in [6.07, 6.45) is 0. The number of aromatic hydroxyl groups is 1. The van der Waals surface area contributed by atoms with Crippen LogP contribution < -0.4 is 0 Å². The zero-order chi connectivity index (χ0) is 9.42. The molecule has 0 aliphatic rings. The standard InChI is InChI=1S/C9H7ClO2S/c10-5-1-2-6-7(3-5)13-8(4-11)9(6)12/h1-3,11-12H,4H2. The van der Waals surface area contributed by atoms with Crippen LogP contribution in [0.2, 0.25) is 5.02 Å². The maximum absolute atomic E-state index is 9.59. The van der Waals surface area contributed by atoms with Crippen molar-refractivity contribution in [3.63, 3.8) is 0 Å². The van der Waals surface area contributed by atoms with Gasteiger partial charge in [0.25, 0.3) is 0 Å². The van der Waals surface area contributed by atoms with Crippen LogP contribution in [-0.2, 0) is 6.61 Å². The summed E-state index contributed by atoms with van der Waals surface area (Å²) in [6.45, 7) is -0.136. The van der Waals surface area contributed by atoms with Crippen LogP contribution in [0.3, 0.4) is 0 Å². The van der Waals surface area contributed by atoms with Crippen LogP contribution in [0.4, 0.5) is 0 Å². The molecule has 0 aliphatic heterocycles. The zero-order valence-electron chi connectivity index (χ0n) is 6.62. The van der Waals surface area contributed by atoms with Crippen LogP contribution in [-0.4, -0.2) is 10.2 Å². The first-order valence-electron chi connectivity index (χ1n) is 3.73. The minimum Gasteiger partial charge on any atom is -0.506 e. The minimum absolute atomic E-state index is 0.136. The number of halogens is 1. The molecular weight excluding hydrogens is 208 g/mol. The molecule has 0 saturated heterocycles. The smallest absolute Gasteiger partial charge is 0.139 e. The first-order valence-corrected chi connectivity index (χ1v) is 4.92. The molecule has 2 rings (SSSR count). The second-order valence-corrected chi connectivity index (χ2v) is 4.25. The fourth-order valence-electron chi connectivity index (χ4n) is 1.21. The Morgan fingerprint density at radius 1 is 1.38 bits per heavy atom. The van der Waals surface area contributed by atoms with Gasteiger partial charge in [0, 0.05) is 15.1 Å². The van der Waals surface area contributed by atoms with Crippen LogP contribution in [0, 0.1) is 0 Å². The highest BCUT2D eigenvalue weighted by Crippen LogP contribution is 2.37. The quantitative estimate of drug-likeness (QED) is 0.767. The van der Waals surface area contributed by atoms with E-state index in [0.717, 1.165) is 10.1 Å². The third-order valence-electron chi connectivity index (χ3n) is 1.84. The van der Waals surface area contributed by atoms with Crippen molar-refractivity contribution in [1.82, 2.24) is 0 Å². The summed E-state index contributed by atoms with van der Waals surface area (Å²) in [5, 5.41) is 19.9. The SMILES string of the molecule is OCc1sc2cc(Cl)ccc2c1O. The molecule has 2 nitrogen and oxygen atoms in total. The maximum Gasteiger partial charge on any atom is 0.139 e. The van der Waals surface area contributed by atoms with E-state index in [1.54, 1.807) is 18.2 Å². The number of fused-ring (bicyclic) bond motifs is 1. The summed E-state index contributed by atoms with van der Waals surface area (Å²) in [5.74, 6) is 0.166. The van der Waals surface area contributed by atoms with Crippen LogP contribution in [0.5, 0.6) is 5.75 Å². The fourth-order valence-corrected chi connectivity index (χ4v) is 2.45. The van der Waals surface area contributed by atoms with Crippen molar-refractivity contribution in [1.29, 1.82) is 0 Å². The number of benzene rings is 1. The van der Waals surface area contributed by atoms with Crippen molar-refractivity contribution < 1.29 is 10.2 Å². The third-order valence-corrected chi connectivity index (χ3v) is 3.20. The molecule has 68 valence electrons. The Kier molecular flexibility index (Phi) is 2.15. The van der Waals surface area contributed by atoms with Crippen molar-refractivity contribution >= 4 is 33.0 Å². The second-order valence-electron chi connectivity index (χ2n) is 2.67. The lowest BCUT2D eigenvalue weighted by atomic mass is 10.2. The second kappa shape index (κ2) is 3.18. The first-order chi connectivity index (χ1) is 6.22. The van der Waals surface area contributed by atoms with Crippen LogP contribution in [0.15, 0.2) is 18.2 Å². The highest BCUT2D eigenvalue weighted by molar-refractivity contribution is 7.19. The van der Waals surface area contributed by atoms with Gasteiger partial charge in [-0.1, -0.05) is 11.6 Å². The Labute approximate surface area is 84.0 Å². The van der Waals surface area contributed by atoms with Gasteiger partial charge in [-0.05, 0) is 18.2 Å². The molecule has 0 amide bonds. The van der Waals surface area contributed by atoms with Gasteiger partial charge in [-0.25, -0.2) is 0 Å². The van der Waals surface area contributed by atoms with E-state index in [4.69, 9.17) is 16.7 Å². The molecule has 0 unspecified atom stereocenters. The molecule has 1 aromatic carbocycles. The normalized spacial score (nSPS) is 10.9. The van der Waals surface area contributed by atoms with E-state index in [1.807, 2.05) is 0 Å². The van der Waals surface area contributed by atoms with Gasteiger partial charge in [-0.2, -0.15) is 0 Å². The molecule has 0 radical (unpaired) electrons. The molecule has 0 atom stereocenters. The van der Waals surface area contributed by atoms with Crippen molar-refractivity contribution in [2.75, 3.05) is 0 Å². The van der Waals surface area contributed by atoms with Crippen molar-refractivity contribution in [3.8, 4) is 5.75 Å². The summed E-state index contributed by atoms with van der Waals surface area (Å²) in [5.41, 5.74) is 0. The largest absolute Gasteiger partial charge is 0.506 e. The summed E-state index contributed by atoms with van der Waals surface area (Å²) >= 11 is 7.14. The molecule has 0 saturated carbocycles. The van der Waals surface area contributed by atoms with Gasteiger partial charge < -0.3 is 10.2 Å². The van der Waals surface area contributed by atoms with Gasteiger partial charge in [0.15, 0.2) is 0 Å². The van der Waals surface area contributed by atoms with Crippen LogP contribution in [0.25, 0.3) is 10.1 Å². The molecule has 1 heterocycles. The van der Waals surface area contributed by atoms with E-state index in [2.05, 4.69) is 0 Å².